The summed E-state index contributed by atoms with van der Waals surface area (Å²) in [6, 6.07) is 3.91. The number of aromatic amines is 1. The van der Waals surface area contributed by atoms with E-state index < -0.39 is 55.0 Å². The Bertz CT molecular complexity index is 989. The van der Waals surface area contributed by atoms with Crippen molar-refractivity contribution in [3.63, 3.8) is 0 Å². The van der Waals surface area contributed by atoms with Crippen LogP contribution in [0.15, 0.2) is 30.5 Å². The summed E-state index contributed by atoms with van der Waals surface area (Å²) in [4.78, 5) is 51.3. The van der Waals surface area contributed by atoms with E-state index in [0.29, 0.717) is 12.0 Å². The van der Waals surface area contributed by atoms with E-state index in [1.807, 2.05) is 38.1 Å². The summed E-state index contributed by atoms with van der Waals surface area (Å²) in [5, 5.41) is 26.9. The summed E-state index contributed by atoms with van der Waals surface area (Å²) in [6.07, 6.45) is 2.12. The van der Waals surface area contributed by atoms with E-state index in [0.717, 1.165) is 10.9 Å². The molecule has 8 N–H and O–H groups in total. The van der Waals surface area contributed by atoms with Gasteiger partial charge in [-0.05, 0) is 24.0 Å². The first-order valence-corrected chi connectivity index (χ1v) is 10.6. The van der Waals surface area contributed by atoms with Crippen molar-refractivity contribution in [2.75, 3.05) is 13.2 Å². The van der Waals surface area contributed by atoms with E-state index in [4.69, 9.17) is 5.73 Å². The van der Waals surface area contributed by atoms with Gasteiger partial charge in [-0.3, -0.25) is 14.4 Å². The lowest BCUT2D eigenvalue weighted by molar-refractivity contribution is -0.142. The third kappa shape index (κ3) is 7.58. The Hall–Kier alpha value is -3.44. The number of aromatic nitrogens is 1. The molecule has 180 valence electrons. The van der Waals surface area contributed by atoms with Crippen molar-refractivity contribution in [1.82, 2.24) is 20.9 Å². The third-order valence-corrected chi connectivity index (χ3v) is 5.03. The van der Waals surface area contributed by atoms with Gasteiger partial charge in [0.25, 0.3) is 0 Å². The van der Waals surface area contributed by atoms with E-state index in [-0.39, 0.29) is 12.3 Å². The molecule has 11 nitrogen and oxygen atoms in total. The first-order valence-electron chi connectivity index (χ1n) is 10.6. The fourth-order valence-corrected chi connectivity index (χ4v) is 3.35. The minimum Gasteiger partial charge on any atom is -0.480 e. The number of aliphatic carboxylic acids is 1. The number of carboxylic acids is 1. The molecule has 0 radical (unpaired) electrons. The zero-order chi connectivity index (χ0) is 24.5. The van der Waals surface area contributed by atoms with E-state index in [1.165, 1.54) is 0 Å². The number of nitrogens with two attached hydrogens (primary N) is 1. The van der Waals surface area contributed by atoms with Gasteiger partial charge in [0.05, 0.1) is 19.2 Å². The largest absolute Gasteiger partial charge is 0.480 e. The van der Waals surface area contributed by atoms with Gasteiger partial charge >= 0.3 is 5.97 Å². The van der Waals surface area contributed by atoms with Crippen LogP contribution in [0.3, 0.4) is 0 Å². The SMILES string of the molecule is CC(C)CC(N)C(=O)NCC(=O)NC(CO)C(=O)NC(Cc1c[nH]c2ccccc12)C(=O)O. The van der Waals surface area contributed by atoms with E-state index in [1.54, 1.807) is 6.20 Å². The minimum atomic E-state index is -1.39. The summed E-state index contributed by atoms with van der Waals surface area (Å²) in [5.41, 5.74) is 7.28. The molecule has 0 saturated heterocycles. The molecule has 11 heteroatoms. The highest BCUT2D eigenvalue weighted by Gasteiger charge is 2.27. The molecule has 2 rings (SSSR count). The summed E-state index contributed by atoms with van der Waals surface area (Å²) in [7, 11) is 0. The average Bonchev–Trinajstić information content (AvgIpc) is 3.17. The van der Waals surface area contributed by atoms with Crippen molar-refractivity contribution in [3.8, 4) is 0 Å². The molecule has 0 aliphatic rings. The lowest BCUT2D eigenvalue weighted by Crippen LogP contribution is -2.55. The van der Waals surface area contributed by atoms with E-state index >= 15 is 0 Å². The smallest absolute Gasteiger partial charge is 0.326 e. The Morgan fingerprint density at radius 1 is 1.06 bits per heavy atom. The maximum atomic E-state index is 12.5. The van der Waals surface area contributed by atoms with Crippen LogP contribution in [-0.4, -0.2) is 70.2 Å². The Morgan fingerprint density at radius 3 is 2.39 bits per heavy atom. The van der Waals surface area contributed by atoms with Gasteiger partial charge in [0.2, 0.25) is 17.7 Å². The number of carboxylic acid groups (broad SMARTS) is 1. The number of rotatable bonds is 12. The van der Waals surface area contributed by atoms with Gasteiger partial charge in [0.1, 0.15) is 12.1 Å². The van der Waals surface area contributed by atoms with Crippen LogP contribution in [0.4, 0.5) is 0 Å². The van der Waals surface area contributed by atoms with Crippen molar-refractivity contribution in [1.29, 1.82) is 0 Å². The van der Waals surface area contributed by atoms with Crippen LogP contribution in [0, 0.1) is 5.92 Å². The number of aliphatic hydroxyl groups is 1. The van der Waals surface area contributed by atoms with Gasteiger partial charge in [-0.2, -0.15) is 0 Å². The Morgan fingerprint density at radius 2 is 1.76 bits per heavy atom. The molecule has 3 amide bonds. The second-order valence-electron chi connectivity index (χ2n) is 8.22. The fraction of sp³-hybridized carbons (Fsp3) is 0.455. The molecular weight excluding hydrogens is 430 g/mol. The number of benzene rings is 1. The summed E-state index contributed by atoms with van der Waals surface area (Å²) in [6.45, 7) is 2.63. The van der Waals surface area contributed by atoms with Crippen LogP contribution in [0.5, 0.6) is 0 Å². The molecule has 1 aromatic carbocycles. The Labute approximate surface area is 191 Å². The van der Waals surface area contributed by atoms with Gasteiger partial charge in [-0.15, -0.1) is 0 Å². The zero-order valence-electron chi connectivity index (χ0n) is 18.6. The maximum absolute atomic E-state index is 12.5. The van der Waals surface area contributed by atoms with Gasteiger partial charge in [-0.25, -0.2) is 4.79 Å². The number of amides is 3. The molecule has 0 spiro atoms. The number of carbonyl (C=O) groups is 4. The fourth-order valence-electron chi connectivity index (χ4n) is 3.35. The van der Waals surface area contributed by atoms with Crippen molar-refractivity contribution in [2.45, 2.75) is 44.8 Å². The molecule has 0 aliphatic heterocycles. The summed E-state index contributed by atoms with van der Waals surface area (Å²) >= 11 is 0. The Balaban J connectivity index is 1.93. The molecule has 1 aromatic heterocycles. The van der Waals surface area contributed by atoms with Crippen LogP contribution in [0.1, 0.15) is 25.8 Å². The monoisotopic (exact) mass is 461 g/mol. The van der Waals surface area contributed by atoms with Gasteiger partial charge in [0, 0.05) is 23.5 Å². The second-order valence-corrected chi connectivity index (χ2v) is 8.22. The molecular formula is C22H31N5O6. The average molecular weight is 462 g/mol. The molecule has 0 saturated carbocycles. The summed E-state index contributed by atoms with van der Waals surface area (Å²) < 4.78 is 0. The highest BCUT2D eigenvalue weighted by atomic mass is 16.4. The summed E-state index contributed by atoms with van der Waals surface area (Å²) in [5.74, 6) is -3.15. The second kappa shape index (κ2) is 12.0. The molecule has 3 unspecified atom stereocenters. The number of para-hydroxylation sites is 1. The van der Waals surface area contributed by atoms with Crippen molar-refractivity contribution < 1.29 is 29.4 Å². The van der Waals surface area contributed by atoms with Crippen molar-refractivity contribution >= 4 is 34.6 Å². The number of aliphatic hydroxyl groups excluding tert-OH is 1. The molecule has 0 bridgehead atoms. The predicted octanol–water partition coefficient (Wildman–Crippen LogP) is -0.753. The molecule has 2 aromatic rings. The third-order valence-electron chi connectivity index (χ3n) is 5.03. The van der Waals surface area contributed by atoms with E-state index in [9.17, 15) is 29.4 Å². The van der Waals surface area contributed by atoms with Crippen molar-refractivity contribution in [2.24, 2.45) is 11.7 Å². The van der Waals surface area contributed by atoms with Crippen molar-refractivity contribution in [3.05, 3.63) is 36.0 Å². The van der Waals surface area contributed by atoms with E-state index in [2.05, 4.69) is 20.9 Å². The lowest BCUT2D eigenvalue weighted by atomic mass is 10.0. The lowest BCUT2D eigenvalue weighted by Gasteiger charge is -2.20. The zero-order valence-corrected chi connectivity index (χ0v) is 18.6. The van der Waals surface area contributed by atoms with Gasteiger partial charge < -0.3 is 36.9 Å². The topological polar surface area (TPSA) is 187 Å². The van der Waals surface area contributed by atoms with Crippen LogP contribution < -0.4 is 21.7 Å². The standard InChI is InChI=1S/C22H31N5O6/c1-12(2)7-15(23)20(30)25-10-19(29)26-18(11-28)21(31)27-17(22(32)33)8-13-9-24-16-6-4-3-5-14(13)16/h3-6,9,12,15,17-18,24,28H,7-8,10-11,23H2,1-2H3,(H,25,30)(H,26,29)(H,27,31)(H,32,33). The van der Waals surface area contributed by atoms with Gasteiger partial charge in [0.15, 0.2) is 0 Å². The van der Waals surface area contributed by atoms with Crippen LogP contribution in [-0.2, 0) is 25.6 Å². The van der Waals surface area contributed by atoms with Gasteiger partial charge in [-0.1, -0.05) is 32.0 Å². The highest BCUT2D eigenvalue weighted by molar-refractivity contribution is 5.93. The predicted molar refractivity (Wildman–Crippen MR) is 121 cm³/mol. The van der Waals surface area contributed by atoms with Crippen LogP contribution in [0.25, 0.3) is 10.9 Å². The highest BCUT2D eigenvalue weighted by Crippen LogP contribution is 2.19. The normalized spacial score (nSPS) is 13.8. The molecule has 0 aliphatic carbocycles. The van der Waals surface area contributed by atoms with Crippen LogP contribution in [0.2, 0.25) is 0 Å². The number of carbonyl (C=O) groups excluding carboxylic acids is 3. The molecule has 1 heterocycles. The minimum absolute atomic E-state index is 0.000971. The number of fused-ring (bicyclic) bond motifs is 1. The quantitative estimate of drug-likeness (QED) is 0.216. The Kier molecular flexibility index (Phi) is 9.37. The molecule has 3 atom stereocenters. The maximum Gasteiger partial charge on any atom is 0.326 e. The van der Waals surface area contributed by atoms with Crippen LogP contribution >= 0.6 is 0 Å². The first kappa shape index (κ1) is 25.8. The number of hydrogen-bond donors (Lipinski definition) is 7. The first-order chi connectivity index (χ1) is 15.6. The number of H-pyrrole nitrogens is 1. The number of nitrogens with one attached hydrogen (secondary N) is 4. The molecule has 33 heavy (non-hydrogen) atoms. The molecule has 0 fully saturated rings. The number of hydrogen-bond acceptors (Lipinski definition) is 6.